The maximum atomic E-state index is 4.95. The largest absolute Gasteiger partial charge is 0.309 e. The van der Waals surface area contributed by atoms with Crippen LogP contribution in [0.5, 0.6) is 0 Å². The van der Waals surface area contributed by atoms with Crippen LogP contribution in [0, 0.1) is 0 Å². The van der Waals surface area contributed by atoms with E-state index < -0.39 is 0 Å². The van der Waals surface area contributed by atoms with Gasteiger partial charge in [-0.25, -0.2) is 4.98 Å². The van der Waals surface area contributed by atoms with E-state index >= 15 is 0 Å². The molecule has 0 fully saturated rings. The Balaban J connectivity index is 1.29. The van der Waals surface area contributed by atoms with Crippen molar-refractivity contribution in [3.63, 3.8) is 0 Å². The van der Waals surface area contributed by atoms with Gasteiger partial charge in [0.1, 0.15) is 5.69 Å². The van der Waals surface area contributed by atoms with Crippen molar-refractivity contribution in [3.8, 4) is 33.9 Å². The molecule has 0 bridgehead atoms. The lowest BCUT2D eigenvalue weighted by Crippen LogP contribution is -2.15. The SMILES string of the molecule is CC1(C)c2ccccc2-c2ccc(-n3c4ccccc4c4c5c6ccccc6n(-c6nccnc6-c6ccccc6)c5ccc43)cc21. The van der Waals surface area contributed by atoms with Crippen molar-refractivity contribution < 1.29 is 0 Å². The molecule has 3 aromatic heterocycles. The van der Waals surface area contributed by atoms with Crippen LogP contribution in [0.1, 0.15) is 25.0 Å². The highest BCUT2D eigenvalue weighted by molar-refractivity contribution is 6.29. The summed E-state index contributed by atoms with van der Waals surface area (Å²) in [6.45, 7) is 4.70. The minimum absolute atomic E-state index is 0.0748. The Bertz CT molecular complexity index is 2710. The van der Waals surface area contributed by atoms with Crippen molar-refractivity contribution in [1.82, 2.24) is 19.1 Å². The standard InChI is InChI=1S/C43H30N4/c1-43(2)33-17-9-6-14-29(33)30-21-20-28(26-34(30)43)46-35-18-10-7-15-31(35)39-37(46)22-23-38-40(39)32-16-8-11-19-36(32)47(38)42-41(44-24-25-45-42)27-12-4-3-5-13-27/h3-26H,1-2H3. The summed E-state index contributed by atoms with van der Waals surface area (Å²) in [6, 6.07) is 48.3. The maximum absolute atomic E-state index is 4.95. The first kappa shape index (κ1) is 26.2. The van der Waals surface area contributed by atoms with E-state index in [-0.39, 0.29) is 5.41 Å². The monoisotopic (exact) mass is 602 g/mol. The average Bonchev–Trinajstić information content (AvgIpc) is 3.72. The van der Waals surface area contributed by atoms with Gasteiger partial charge in [-0.3, -0.25) is 9.55 Å². The molecule has 4 nitrogen and oxygen atoms in total. The van der Waals surface area contributed by atoms with Gasteiger partial charge in [0, 0.05) is 50.6 Å². The van der Waals surface area contributed by atoms with Crippen LogP contribution in [-0.2, 0) is 5.41 Å². The van der Waals surface area contributed by atoms with Crippen molar-refractivity contribution in [2.45, 2.75) is 19.3 Å². The van der Waals surface area contributed by atoms with E-state index in [0.717, 1.165) is 28.1 Å². The summed E-state index contributed by atoms with van der Waals surface area (Å²) >= 11 is 0. The molecule has 0 amide bonds. The van der Waals surface area contributed by atoms with Gasteiger partial charge in [0.05, 0.1) is 22.1 Å². The Hall–Kier alpha value is -6.00. The fourth-order valence-electron chi connectivity index (χ4n) is 8.15. The number of rotatable bonds is 3. The van der Waals surface area contributed by atoms with Crippen LogP contribution in [0.2, 0.25) is 0 Å². The van der Waals surface area contributed by atoms with Crippen molar-refractivity contribution in [2.24, 2.45) is 0 Å². The zero-order valence-corrected chi connectivity index (χ0v) is 26.1. The van der Waals surface area contributed by atoms with E-state index in [4.69, 9.17) is 9.97 Å². The Morgan fingerprint density at radius 1 is 0.489 bits per heavy atom. The molecule has 47 heavy (non-hydrogen) atoms. The van der Waals surface area contributed by atoms with Crippen LogP contribution < -0.4 is 0 Å². The van der Waals surface area contributed by atoms with Gasteiger partial charge in [0.2, 0.25) is 0 Å². The molecule has 0 unspecified atom stereocenters. The molecule has 10 rings (SSSR count). The van der Waals surface area contributed by atoms with E-state index in [0.29, 0.717) is 0 Å². The topological polar surface area (TPSA) is 35.6 Å². The van der Waals surface area contributed by atoms with Crippen LogP contribution in [0.4, 0.5) is 0 Å². The number of hydrogen-bond donors (Lipinski definition) is 0. The molecule has 0 atom stereocenters. The van der Waals surface area contributed by atoms with E-state index in [1.807, 2.05) is 6.07 Å². The van der Waals surface area contributed by atoms with E-state index in [1.54, 1.807) is 12.4 Å². The average molecular weight is 603 g/mol. The molecule has 1 aliphatic carbocycles. The van der Waals surface area contributed by atoms with Gasteiger partial charge in [-0.15, -0.1) is 0 Å². The second kappa shape index (κ2) is 9.51. The summed E-state index contributed by atoms with van der Waals surface area (Å²) in [7, 11) is 0. The number of hydrogen-bond acceptors (Lipinski definition) is 2. The lowest BCUT2D eigenvalue weighted by molar-refractivity contribution is 0.660. The number of aromatic nitrogens is 4. The third-order valence-electron chi connectivity index (χ3n) is 10.2. The minimum atomic E-state index is -0.0748. The molecule has 3 heterocycles. The normalized spacial score (nSPS) is 13.5. The van der Waals surface area contributed by atoms with E-state index in [1.165, 1.54) is 60.5 Å². The van der Waals surface area contributed by atoms with E-state index in [9.17, 15) is 0 Å². The molecule has 4 heteroatoms. The molecular weight excluding hydrogens is 573 g/mol. The first-order valence-electron chi connectivity index (χ1n) is 16.2. The van der Waals surface area contributed by atoms with Gasteiger partial charge >= 0.3 is 0 Å². The summed E-state index contributed by atoms with van der Waals surface area (Å²) in [6.07, 6.45) is 3.57. The third kappa shape index (κ3) is 3.53. The Morgan fingerprint density at radius 2 is 1.09 bits per heavy atom. The van der Waals surface area contributed by atoms with Gasteiger partial charge in [0.25, 0.3) is 0 Å². The summed E-state index contributed by atoms with van der Waals surface area (Å²) in [5.74, 6) is 0.827. The quantitative estimate of drug-likeness (QED) is 0.202. The Labute approximate surface area is 272 Å². The van der Waals surface area contributed by atoms with Gasteiger partial charge in [-0.05, 0) is 58.7 Å². The Kier molecular flexibility index (Phi) is 5.31. The van der Waals surface area contributed by atoms with Gasteiger partial charge in [-0.1, -0.05) is 111 Å². The molecule has 0 saturated heterocycles. The fourth-order valence-corrected chi connectivity index (χ4v) is 8.15. The second-order valence-corrected chi connectivity index (χ2v) is 13.1. The van der Waals surface area contributed by atoms with Gasteiger partial charge in [0.15, 0.2) is 5.82 Å². The van der Waals surface area contributed by atoms with Crippen molar-refractivity contribution >= 4 is 43.6 Å². The predicted molar refractivity (Wildman–Crippen MR) is 194 cm³/mol. The zero-order valence-electron chi connectivity index (χ0n) is 26.1. The van der Waals surface area contributed by atoms with Crippen LogP contribution in [0.15, 0.2) is 146 Å². The lowest BCUT2D eigenvalue weighted by Gasteiger charge is -2.22. The van der Waals surface area contributed by atoms with Gasteiger partial charge < -0.3 is 4.57 Å². The number of para-hydroxylation sites is 2. The molecule has 0 saturated carbocycles. The molecule has 222 valence electrons. The van der Waals surface area contributed by atoms with Gasteiger partial charge in [-0.2, -0.15) is 0 Å². The second-order valence-electron chi connectivity index (χ2n) is 13.1. The van der Waals surface area contributed by atoms with Crippen molar-refractivity contribution in [2.75, 3.05) is 0 Å². The number of fused-ring (bicyclic) bond motifs is 10. The zero-order chi connectivity index (χ0) is 31.3. The Morgan fingerprint density at radius 3 is 1.85 bits per heavy atom. The van der Waals surface area contributed by atoms with Crippen LogP contribution >= 0.6 is 0 Å². The highest BCUT2D eigenvalue weighted by Gasteiger charge is 2.35. The first-order chi connectivity index (χ1) is 23.1. The molecule has 0 spiro atoms. The predicted octanol–water partition coefficient (Wildman–Crippen LogP) is 10.6. The van der Waals surface area contributed by atoms with Crippen molar-refractivity contribution in [3.05, 3.63) is 157 Å². The summed E-state index contributed by atoms with van der Waals surface area (Å²) in [5.41, 5.74) is 13.1. The van der Waals surface area contributed by atoms with Crippen LogP contribution in [0.3, 0.4) is 0 Å². The molecule has 6 aromatic carbocycles. The smallest absolute Gasteiger partial charge is 0.164 e. The van der Waals surface area contributed by atoms with Crippen LogP contribution in [0.25, 0.3) is 77.5 Å². The summed E-state index contributed by atoms with van der Waals surface area (Å²) in [5, 5.41) is 4.92. The molecule has 1 aliphatic rings. The molecule has 0 radical (unpaired) electrons. The highest BCUT2D eigenvalue weighted by atomic mass is 15.1. The summed E-state index contributed by atoms with van der Waals surface area (Å²) < 4.78 is 4.74. The number of nitrogens with zero attached hydrogens (tertiary/aromatic N) is 4. The lowest BCUT2D eigenvalue weighted by atomic mass is 9.82. The molecule has 9 aromatic rings. The molecule has 0 N–H and O–H groups in total. The van der Waals surface area contributed by atoms with Crippen LogP contribution in [-0.4, -0.2) is 19.1 Å². The fraction of sp³-hybridized carbons (Fsp3) is 0.0698. The summed E-state index contributed by atoms with van der Waals surface area (Å²) in [4.78, 5) is 9.79. The van der Waals surface area contributed by atoms with E-state index in [2.05, 4.69) is 150 Å². The maximum Gasteiger partial charge on any atom is 0.164 e. The number of benzene rings is 6. The minimum Gasteiger partial charge on any atom is -0.309 e. The first-order valence-corrected chi connectivity index (χ1v) is 16.2. The molecular formula is C43H30N4. The third-order valence-corrected chi connectivity index (χ3v) is 10.2. The highest BCUT2D eigenvalue weighted by Crippen LogP contribution is 2.50. The molecule has 0 aliphatic heterocycles. The van der Waals surface area contributed by atoms with Crippen molar-refractivity contribution in [1.29, 1.82) is 0 Å².